The Bertz CT molecular complexity index is 423. The van der Waals surface area contributed by atoms with Crippen molar-refractivity contribution in [3.63, 3.8) is 0 Å². The average Bonchev–Trinajstić information content (AvgIpc) is 2.84. The number of hydrogen-bond acceptors (Lipinski definition) is 3. The molecule has 2 aromatic heterocycles. The molecule has 0 saturated carbocycles. The summed E-state index contributed by atoms with van der Waals surface area (Å²) in [6.07, 6.45) is 3.37. The Balaban J connectivity index is 2.39. The minimum Gasteiger partial charge on any atom is -0.453 e. The van der Waals surface area contributed by atoms with Gasteiger partial charge in [0.05, 0.1) is 18.0 Å². The van der Waals surface area contributed by atoms with Crippen LogP contribution in [-0.4, -0.2) is 16.3 Å². The van der Waals surface area contributed by atoms with Crippen LogP contribution >= 0.6 is 11.6 Å². The summed E-state index contributed by atoms with van der Waals surface area (Å²) in [5, 5.41) is 7.95. The molecule has 2 heterocycles. The van der Waals surface area contributed by atoms with Crippen LogP contribution in [-0.2, 0) is 7.05 Å². The monoisotopic (exact) mass is 239 g/mol. The van der Waals surface area contributed by atoms with Crippen LogP contribution in [0.3, 0.4) is 0 Å². The Kier molecular flexibility index (Phi) is 3.31. The topological polar surface area (TPSA) is 43.0 Å². The first kappa shape index (κ1) is 11.2. The summed E-state index contributed by atoms with van der Waals surface area (Å²) in [4.78, 5) is 0. The van der Waals surface area contributed by atoms with E-state index in [4.69, 9.17) is 16.0 Å². The second kappa shape index (κ2) is 4.72. The van der Waals surface area contributed by atoms with Gasteiger partial charge in [0.15, 0.2) is 5.22 Å². The Morgan fingerprint density at radius 3 is 2.88 bits per heavy atom. The minimum atomic E-state index is 0.0174. The number of aromatic nitrogens is 2. The summed E-state index contributed by atoms with van der Waals surface area (Å²) in [6, 6.07) is 3.86. The molecule has 0 fully saturated rings. The summed E-state index contributed by atoms with van der Waals surface area (Å²) in [5.41, 5.74) is 2.00. The Labute approximate surface area is 99.2 Å². The fraction of sp³-hybridized carbons (Fsp3) is 0.364. The molecule has 0 saturated heterocycles. The summed E-state index contributed by atoms with van der Waals surface area (Å²) in [7, 11) is 1.91. The van der Waals surface area contributed by atoms with Crippen LogP contribution in [0.5, 0.6) is 0 Å². The van der Waals surface area contributed by atoms with E-state index < -0.39 is 0 Å². The van der Waals surface area contributed by atoms with Gasteiger partial charge in [-0.05, 0) is 30.3 Å². The van der Waals surface area contributed by atoms with Crippen molar-refractivity contribution >= 4 is 11.6 Å². The maximum absolute atomic E-state index is 6.00. The Morgan fingerprint density at radius 1 is 1.56 bits per heavy atom. The summed E-state index contributed by atoms with van der Waals surface area (Å²) < 4.78 is 6.96. The van der Waals surface area contributed by atoms with Gasteiger partial charge in [-0.3, -0.25) is 4.68 Å². The number of nitrogens with one attached hydrogen (secondary N) is 1. The van der Waals surface area contributed by atoms with Gasteiger partial charge >= 0.3 is 0 Å². The molecular weight excluding hydrogens is 226 g/mol. The fourth-order valence-electron chi connectivity index (χ4n) is 1.76. The molecule has 16 heavy (non-hydrogen) atoms. The van der Waals surface area contributed by atoms with Crippen molar-refractivity contribution in [3.8, 4) is 0 Å². The normalized spacial score (nSPS) is 12.9. The molecule has 0 aliphatic carbocycles. The van der Waals surface area contributed by atoms with Crippen LogP contribution < -0.4 is 5.32 Å². The lowest BCUT2D eigenvalue weighted by molar-refractivity contribution is 0.542. The van der Waals surface area contributed by atoms with Crippen LogP contribution in [0.15, 0.2) is 29.0 Å². The van der Waals surface area contributed by atoms with E-state index in [1.807, 2.05) is 23.9 Å². The fourth-order valence-corrected chi connectivity index (χ4v) is 1.98. The second-order valence-electron chi connectivity index (χ2n) is 3.52. The van der Waals surface area contributed by atoms with Crippen molar-refractivity contribution in [2.24, 2.45) is 7.05 Å². The smallest absolute Gasteiger partial charge is 0.198 e. The van der Waals surface area contributed by atoms with Crippen molar-refractivity contribution in [1.29, 1.82) is 0 Å². The zero-order valence-corrected chi connectivity index (χ0v) is 10.0. The molecule has 0 bridgehead atoms. The lowest BCUT2D eigenvalue weighted by Gasteiger charge is -2.17. The van der Waals surface area contributed by atoms with Gasteiger partial charge in [-0.2, -0.15) is 5.10 Å². The van der Waals surface area contributed by atoms with Gasteiger partial charge in [0.1, 0.15) is 0 Å². The van der Waals surface area contributed by atoms with Crippen molar-refractivity contribution < 1.29 is 4.42 Å². The lowest BCUT2D eigenvalue weighted by atomic mass is 10.1. The lowest BCUT2D eigenvalue weighted by Crippen LogP contribution is -2.24. The standard InChI is InChI=1S/C11H14ClN3O/c1-3-13-10(8-5-7-16-11(8)12)9-4-6-14-15(9)2/h4-7,10,13H,3H2,1-2H3. The van der Waals surface area contributed by atoms with Crippen LogP contribution in [0.1, 0.15) is 24.2 Å². The van der Waals surface area contributed by atoms with E-state index in [2.05, 4.69) is 17.3 Å². The maximum Gasteiger partial charge on any atom is 0.198 e. The van der Waals surface area contributed by atoms with Gasteiger partial charge in [-0.15, -0.1) is 0 Å². The molecule has 1 atom stereocenters. The van der Waals surface area contributed by atoms with Crippen molar-refractivity contribution in [2.45, 2.75) is 13.0 Å². The molecule has 1 N–H and O–H groups in total. The molecule has 5 heteroatoms. The van der Waals surface area contributed by atoms with E-state index in [1.165, 1.54) is 0 Å². The van der Waals surface area contributed by atoms with E-state index in [9.17, 15) is 0 Å². The van der Waals surface area contributed by atoms with Gasteiger partial charge < -0.3 is 9.73 Å². The highest BCUT2D eigenvalue weighted by molar-refractivity contribution is 6.29. The molecule has 0 aliphatic rings. The van der Waals surface area contributed by atoms with Crippen LogP contribution in [0.4, 0.5) is 0 Å². The van der Waals surface area contributed by atoms with Gasteiger partial charge in [0.2, 0.25) is 0 Å². The molecule has 0 aliphatic heterocycles. The number of nitrogens with zero attached hydrogens (tertiary/aromatic N) is 2. The van der Waals surface area contributed by atoms with E-state index in [0.29, 0.717) is 5.22 Å². The number of furan rings is 1. The molecule has 2 rings (SSSR count). The SMILES string of the molecule is CCNC(c1ccoc1Cl)c1ccnn1C. The van der Waals surface area contributed by atoms with Crippen molar-refractivity contribution in [2.75, 3.05) is 6.54 Å². The molecule has 0 spiro atoms. The summed E-state index contributed by atoms with van der Waals surface area (Å²) >= 11 is 6.00. The number of rotatable bonds is 4. The van der Waals surface area contributed by atoms with Gasteiger partial charge in [-0.1, -0.05) is 6.92 Å². The Morgan fingerprint density at radius 2 is 2.38 bits per heavy atom. The van der Waals surface area contributed by atoms with Crippen LogP contribution in [0.2, 0.25) is 5.22 Å². The van der Waals surface area contributed by atoms with Crippen molar-refractivity contribution in [1.82, 2.24) is 15.1 Å². The maximum atomic E-state index is 6.00. The molecule has 0 aromatic carbocycles. The van der Waals surface area contributed by atoms with E-state index in [0.717, 1.165) is 17.8 Å². The Hall–Kier alpha value is -1.26. The molecule has 0 amide bonds. The van der Waals surface area contributed by atoms with Gasteiger partial charge in [0, 0.05) is 18.8 Å². The zero-order chi connectivity index (χ0) is 11.5. The van der Waals surface area contributed by atoms with E-state index >= 15 is 0 Å². The first-order valence-electron chi connectivity index (χ1n) is 5.18. The molecule has 2 aromatic rings. The predicted molar refractivity (Wildman–Crippen MR) is 62.4 cm³/mol. The quantitative estimate of drug-likeness (QED) is 0.891. The third-order valence-electron chi connectivity index (χ3n) is 2.52. The molecule has 0 radical (unpaired) electrons. The highest BCUT2D eigenvalue weighted by Gasteiger charge is 2.20. The first-order valence-corrected chi connectivity index (χ1v) is 5.56. The first-order chi connectivity index (χ1) is 7.74. The van der Waals surface area contributed by atoms with Crippen molar-refractivity contribution in [3.05, 3.63) is 41.1 Å². The predicted octanol–water partition coefficient (Wildman–Crippen LogP) is 2.37. The summed E-state index contributed by atoms with van der Waals surface area (Å²) in [6.45, 7) is 2.90. The summed E-state index contributed by atoms with van der Waals surface area (Å²) in [5.74, 6) is 0. The second-order valence-corrected chi connectivity index (χ2v) is 3.86. The third-order valence-corrected chi connectivity index (χ3v) is 2.83. The minimum absolute atomic E-state index is 0.0174. The molecule has 4 nitrogen and oxygen atoms in total. The number of halogens is 1. The third kappa shape index (κ3) is 1.99. The van der Waals surface area contributed by atoms with E-state index in [1.54, 1.807) is 12.5 Å². The van der Waals surface area contributed by atoms with Crippen LogP contribution in [0.25, 0.3) is 0 Å². The molecular formula is C11H14ClN3O. The molecule has 86 valence electrons. The highest BCUT2D eigenvalue weighted by atomic mass is 35.5. The zero-order valence-electron chi connectivity index (χ0n) is 9.27. The average molecular weight is 240 g/mol. The van der Waals surface area contributed by atoms with Gasteiger partial charge in [-0.25, -0.2) is 0 Å². The van der Waals surface area contributed by atoms with E-state index in [-0.39, 0.29) is 6.04 Å². The number of aryl methyl sites for hydroxylation is 1. The number of hydrogen-bond donors (Lipinski definition) is 1. The highest BCUT2D eigenvalue weighted by Crippen LogP contribution is 2.28. The van der Waals surface area contributed by atoms with Crippen LogP contribution in [0, 0.1) is 0 Å². The molecule has 1 unspecified atom stereocenters. The largest absolute Gasteiger partial charge is 0.453 e. The van der Waals surface area contributed by atoms with Gasteiger partial charge in [0.25, 0.3) is 0 Å².